The average molecular weight is 262 g/mol. The largest absolute Gasteiger partial charge is 0.497 e. The van der Waals surface area contributed by atoms with Gasteiger partial charge >= 0.3 is 0 Å². The summed E-state index contributed by atoms with van der Waals surface area (Å²) in [6, 6.07) is 8.24. The Labute approximate surface area is 108 Å². The predicted molar refractivity (Wildman–Crippen MR) is 66.6 cm³/mol. The molecule has 0 aliphatic carbocycles. The maximum Gasteiger partial charge on any atom is 0.264 e. The fourth-order valence-corrected chi connectivity index (χ4v) is 1.73. The molecule has 0 aliphatic rings. The number of halogens is 1. The number of methoxy groups -OCH3 is 1. The number of benzene rings is 1. The fourth-order valence-electron chi connectivity index (χ4n) is 1.53. The van der Waals surface area contributed by atoms with Gasteiger partial charge in [0.05, 0.1) is 18.7 Å². The molecule has 5 nitrogen and oxygen atoms in total. The van der Waals surface area contributed by atoms with Crippen LogP contribution in [-0.2, 0) is 0 Å². The highest BCUT2D eigenvalue weighted by Crippen LogP contribution is 2.28. The van der Waals surface area contributed by atoms with Crippen molar-refractivity contribution in [2.24, 2.45) is 0 Å². The van der Waals surface area contributed by atoms with E-state index in [1.54, 1.807) is 18.2 Å². The molecule has 0 fully saturated rings. The lowest BCUT2D eigenvalue weighted by molar-refractivity contribution is 0.415. The summed E-state index contributed by atoms with van der Waals surface area (Å²) in [7, 11) is 1.50. The van der Waals surface area contributed by atoms with Crippen molar-refractivity contribution in [2.45, 2.75) is 0 Å². The number of aromatic amines is 1. The molecule has 0 radical (unpaired) electrons. The Morgan fingerprint density at radius 2 is 2.17 bits per heavy atom. The predicted octanol–water partition coefficient (Wildman–Crippen LogP) is 1.97. The molecule has 2 rings (SSSR count). The molecular formula is C12H8ClN3O2. The lowest BCUT2D eigenvalue weighted by Gasteiger charge is -2.06. The van der Waals surface area contributed by atoms with Crippen molar-refractivity contribution >= 4 is 11.6 Å². The number of hydrogen-bond donors (Lipinski definition) is 1. The molecule has 1 N–H and O–H groups in total. The number of aromatic nitrogens is 2. The van der Waals surface area contributed by atoms with Gasteiger partial charge in [-0.05, 0) is 23.8 Å². The standard InChI is InChI=1S/C12H8ClN3O2/c1-18-9-3-7(6-14)2-8(4-9)10-5-11(17)15-16-12(10)13/h2-5H,1H3,(H,15,17). The summed E-state index contributed by atoms with van der Waals surface area (Å²) in [5.74, 6) is 0.514. The fraction of sp³-hybridized carbons (Fsp3) is 0.0833. The van der Waals surface area contributed by atoms with E-state index >= 15 is 0 Å². The summed E-state index contributed by atoms with van der Waals surface area (Å²) in [5, 5.41) is 15.0. The lowest BCUT2D eigenvalue weighted by atomic mass is 10.0. The molecule has 0 atom stereocenters. The molecule has 1 aromatic carbocycles. The van der Waals surface area contributed by atoms with E-state index in [0.717, 1.165) is 0 Å². The van der Waals surface area contributed by atoms with Crippen LogP contribution in [-0.4, -0.2) is 17.3 Å². The Bertz CT molecular complexity index is 688. The molecule has 2 aromatic rings. The molecule has 1 heterocycles. The lowest BCUT2D eigenvalue weighted by Crippen LogP contribution is -2.07. The molecule has 0 spiro atoms. The molecule has 18 heavy (non-hydrogen) atoms. The van der Waals surface area contributed by atoms with Crippen LogP contribution in [0.3, 0.4) is 0 Å². The topological polar surface area (TPSA) is 78.8 Å². The molecule has 90 valence electrons. The maximum absolute atomic E-state index is 11.3. The molecule has 0 aliphatic heterocycles. The van der Waals surface area contributed by atoms with E-state index in [4.69, 9.17) is 21.6 Å². The first kappa shape index (κ1) is 12.1. The van der Waals surface area contributed by atoms with Crippen molar-refractivity contribution in [2.75, 3.05) is 7.11 Å². The number of rotatable bonds is 2. The molecule has 0 unspecified atom stereocenters. The zero-order chi connectivity index (χ0) is 13.1. The van der Waals surface area contributed by atoms with E-state index in [1.807, 2.05) is 6.07 Å². The average Bonchev–Trinajstić information content (AvgIpc) is 2.40. The van der Waals surface area contributed by atoms with Gasteiger partial charge < -0.3 is 4.74 Å². The van der Waals surface area contributed by atoms with Crippen molar-refractivity contribution in [1.29, 1.82) is 5.26 Å². The van der Waals surface area contributed by atoms with E-state index in [9.17, 15) is 4.79 Å². The van der Waals surface area contributed by atoms with Crippen LogP contribution in [0.5, 0.6) is 5.75 Å². The zero-order valence-corrected chi connectivity index (χ0v) is 10.2. The van der Waals surface area contributed by atoms with E-state index in [1.165, 1.54) is 13.2 Å². The number of H-pyrrole nitrogens is 1. The molecule has 6 heteroatoms. The monoisotopic (exact) mass is 261 g/mol. The highest BCUT2D eigenvalue weighted by atomic mass is 35.5. The van der Waals surface area contributed by atoms with Gasteiger partial charge in [0.15, 0.2) is 5.15 Å². The van der Waals surface area contributed by atoms with E-state index in [0.29, 0.717) is 22.4 Å². The molecule has 0 bridgehead atoms. The molecule has 0 saturated heterocycles. The van der Waals surface area contributed by atoms with Crippen LogP contribution in [0.15, 0.2) is 29.1 Å². The van der Waals surface area contributed by atoms with Gasteiger partial charge in [0.2, 0.25) is 0 Å². The Hall–Kier alpha value is -2.32. The molecule has 1 aromatic heterocycles. The number of nitriles is 1. The van der Waals surface area contributed by atoms with Gasteiger partial charge in [-0.2, -0.15) is 10.4 Å². The Morgan fingerprint density at radius 1 is 1.39 bits per heavy atom. The second-order valence-corrected chi connectivity index (χ2v) is 3.86. The van der Waals surface area contributed by atoms with E-state index in [2.05, 4.69) is 10.2 Å². The van der Waals surface area contributed by atoms with Crippen LogP contribution in [0.2, 0.25) is 5.15 Å². The van der Waals surface area contributed by atoms with Gasteiger partial charge in [-0.1, -0.05) is 11.6 Å². The second kappa shape index (κ2) is 4.90. The van der Waals surface area contributed by atoms with Crippen molar-refractivity contribution in [3.05, 3.63) is 45.3 Å². The summed E-state index contributed by atoms with van der Waals surface area (Å²) < 4.78 is 5.09. The van der Waals surface area contributed by atoms with Crippen LogP contribution in [0, 0.1) is 11.3 Å². The smallest absolute Gasteiger partial charge is 0.264 e. The first-order valence-corrected chi connectivity index (χ1v) is 5.36. The first-order chi connectivity index (χ1) is 8.63. The summed E-state index contributed by atoms with van der Waals surface area (Å²) in [6.45, 7) is 0. The Kier molecular flexibility index (Phi) is 3.31. The van der Waals surface area contributed by atoms with Gasteiger partial charge in [0.25, 0.3) is 5.56 Å². The highest BCUT2D eigenvalue weighted by molar-refractivity contribution is 6.32. The third kappa shape index (κ3) is 2.34. The van der Waals surface area contributed by atoms with Crippen LogP contribution in [0.25, 0.3) is 11.1 Å². The third-order valence-electron chi connectivity index (χ3n) is 2.34. The van der Waals surface area contributed by atoms with Gasteiger partial charge in [-0.3, -0.25) is 4.79 Å². The van der Waals surface area contributed by atoms with E-state index < -0.39 is 0 Å². The number of nitrogens with one attached hydrogen (secondary N) is 1. The van der Waals surface area contributed by atoms with E-state index in [-0.39, 0.29) is 10.7 Å². The van der Waals surface area contributed by atoms with Crippen LogP contribution in [0.4, 0.5) is 0 Å². The summed E-state index contributed by atoms with van der Waals surface area (Å²) in [5.41, 5.74) is 1.11. The minimum Gasteiger partial charge on any atom is -0.497 e. The Balaban J connectivity index is 2.67. The van der Waals surface area contributed by atoms with Gasteiger partial charge in [-0.25, -0.2) is 5.10 Å². The van der Waals surface area contributed by atoms with Crippen molar-refractivity contribution < 1.29 is 4.74 Å². The molecule has 0 amide bonds. The van der Waals surface area contributed by atoms with Crippen molar-refractivity contribution in [3.8, 4) is 22.9 Å². The normalized spacial score (nSPS) is 9.83. The quantitative estimate of drug-likeness (QED) is 0.896. The summed E-state index contributed by atoms with van der Waals surface area (Å²) in [6.07, 6.45) is 0. The summed E-state index contributed by atoms with van der Waals surface area (Å²) in [4.78, 5) is 11.3. The zero-order valence-electron chi connectivity index (χ0n) is 9.40. The van der Waals surface area contributed by atoms with Crippen molar-refractivity contribution in [1.82, 2.24) is 10.2 Å². The second-order valence-electron chi connectivity index (χ2n) is 3.50. The van der Waals surface area contributed by atoms with Gasteiger partial charge in [-0.15, -0.1) is 0 Å². The van der Waals surface area contributed by atoms with Crippen LogP contribution in [0.1, 0.15) is 5.56 Å². The SMILES string of the molecule is COc1cc(C#N)cc(-c2cc(=O)[nH]nc2Cl)c1. The maximum atomic E-state index is 11.3. The minimum atomic E-state index is -0.365. The molecular weight excluding hydrogens is 254 g/mol. The van der Waals surface area contributed by atoms with Gasteiger partial charge in [0, 0.05) is 11.6 Å². The van der Waals surface area contributed by atoms with Crippen molar-refractivity contribution in [3.63, 3.8) is 0 Å². The highest BCUT2D eigenvalue weighted by Gasteiger charge is 2.09. The number of hydrogen-bond acceptors (Lipinski definition) is 4. The van der Waals surface area contributed by atoms with Crippen LogP contribution < -0.4 is 10.3 Å². The summed E-state index contributed by atoms with van der Waals surface area (Å²) >= 11 is 5.92. The van der Waals surface area contributed by atoms with Gasteiger partial charge in [0.1, 0.15) is 5.75 Å². The number of ether oxygens (including phenoxy) is 1. The minimum absolute atomic E-state index is 0.159. The van der Waals surface area contributed by atoms with Crippen LogP contribution >= 0.6 is 11.6 Å². The molecule has 0 saturated carbocycles. The third-order valence-corrected chi connectivity index (χ3v) is 2.63. The first-order valence-electron chi connectivity index (χ1n) is 4.99. The number of nitrogens with zero attached hydrogens (tertiary/aromatic N) is 2. The Morgan fingerprint density at radius 3 is 2.83 bits per heavy atom.